The molecule has 1 rings (SSSR count). The highest BCUT2D eigenvalue weighted by Gasteiger charge is 2.17. The lowest BCUT2D eigenvalue weighted by Crippen LogP contribution is -2.25. The van der Waals surface area contributed by atoms with E-state index in [4.69, 9.17) is 0 Å². The second kappa shape index (κ2) is 7.18. The Kier molecular flexibility index (Phi) is 6.20. The van der Waals surface area contributed by atoms with Crippen molar-refractivity contribution in [3.8, 4) is 0 Å². The molecule has 18 heavy (non-hydrogen) atoms. The molecule has 7 heteroatoms. The Balaban J connectivity index is 2.88. The molecule has 0 fully saturated rings. The van der Waals surface area contributed by atoms with Crippen LogP contribution in [0, 0.1) is 0 Å². The molecule has 0 radical (unpaired) electrons. The van der Waals surface area contributed by atoms with Crippen LogP contribution in [0.3, 0.4) is 0 Å². The number of aromatic nitrogens is 1. The van der Waals surface area contributed by atoms with Gasteiger partial charge in [0, 0.05) is 37.3 Å². The van der Waals surface area contributed by atoms with Crippen LogP contribution in [0.1, 0.15) is 12.6 Å². The van der Waals surface area contributed by atoms with Crippen LogP contribution in [0.25, 0.3) is 0 Å². The smallest absolute Gasteiger partial charge is 0.242 e. The predicted molar refractivity (Wildman–Crippen MR) is 76.4 cm³/mol. The summed E-state index contributed by atoms with van der Waals surface area (Å²) in [5.41, 5.74) is 0.977. The highest BCUT2D eigenvalue weighted by atomic mass is 32.2. The fraction of sp³-hybridized carbons (Fsp3) is 0.636. The molecular weight excluding hydrogens is 270 g/mol. The fourth-order valence-corrected chi connectivity index (χ4v) is 3.19. The summed E-state index contributed by atoms with van der Waals surface area (Å²) in [5, 5.41) is 3.04. The number of thioether (sulfide) groups is 1. The molecule has 0 spiro atoms. The number of hydrogen-bond acceptors (Lipinski definition) is 4. The Morgan fingerprint density at radius 2 is 2.17 bits per heavy atom. The van der Waals surface area contributed by atoms with Crippen LogP contribution in [0.2, 0.25) is 0 Å². The van der Waals surface area contributed by atoms with Gasteiger partial charge in [-0.05, 0) is 26.3 Å². The van der Waals surface area contributed by atoms with Crippen LogP contribution < -0.4 is 10.0 Å². The molecule has 1 aromatic rings. The number of nitrogens with one attached hydrogen (secondary N) is 2. The molecule has 0 aromatic carbocycles. The minimum atomic E-state index is -3.37. The molecule has 1 aromatic heterocycles. The molecule has 0 aliphatic carbocycles. The van der Waals surface area contributed by atoms with Crippen LogP contribution in [0.4, 0.5) is 0 Å². The lowest BCUT2D eigenvalue weighted by Gasteiger charge is -2.04. The lowest BCUT2D eigenvalue weighted by atomic mass is 10.4. The molecule has 1 heterocycles. The van der Waals surface area contributed by atoms with E-state index < -0.39 is 10.0 Å². The predicted octanol–water partition coefficient (Wildman–Crippen LogP) is 0.869. The number of rotatable bonds is 8. The Labute approximate surface area is 113 Å². The van der Waals surface area contributed by atoms with Crippen LogP contribution in [-0.4, -0.2) is 38.6 Å². The van der Waals surface area contributed by atoms with Crippen molar-refractivity contribution in [1.29, 1.82) is 0 Å². The molecule has 0 saturated carbocycles. The molecule has 0 aliphatic rings. The minimum absolute atomic E-state index is 0.343. The van der Waals surface area contributed by atoms with Gasteiger partial charge in [-0.3, -0.25) is 0 Å². The van der Waals surface area contributed by atoms with Crippen molar-refractivity contribution < 1.29 is 8.42 Å². The van der Waals surface area contributed by atoms with Crippen molar-refractivity contribution >= 4 is 21.8 Å². The van der Waals surface area contributed by atoms with E-state index in [0.29, 0.717) is 18.0 Å². The van der Waals surface area contributed by atoms with Gasteiger partial charge in [-0.2, -0.15) is 11.8 Å². The van der Waals surface area contributed by atoms with Crippen molar-refractivity contribution in [2.24, 2.45) is 0 Å². The molecule has 0 amide bonds. The van der Waals surface area contributed by atoms with Crippen LogP contribution in [-0.2, 0) is 23.1 Å². The minimum Gasteiger partial charge on any atom is -0.349 e. The summed E-state index contributed by atoms with van der Waals surface area (Å²) in [4.78, 5) is 0.343. The highest BCUT2D eigenvalue weighted by molar-refractivity contribution is 7.98. The zero-order valence-corrected chi connectivity index (χ0v) is 12.7. The van der Waals surface area contributed by atoms with E-state index in [1.807, 2.05) is 24.8 Å². The zero-order chi connectivity index (χ0) is 13.6. The molecule has 0 saturated heterocycles. The largest absolute Gasteiger partial charge is 0.349 e. The Morgan fingerprint density at radius 1 is 1.44 bits per heavy atom. The number of hydrogen-bond donors (Lipinski definition) is 2. The summed E-state index contributed by atoms with van der Waals surface area (Å²) >= 11 is 1.62. The van der Waals surface area contributed by atoms with Gasteiger partial charge in [-0.15, -0.1) is 0 Å². The first kappa shape index (κ1) is 15.6. The van der Waals surface area contributed by atoms with E-state index in [9.17, 15) is 8.42 Å². The van der Waals surface area contributed by atoms with Crippen molar-refractivity contribution in [2.75, 3.05) is 25.6 Å². The van der Waals surface area contributed by atoms with E-state index in [-0.39, 0.29) is 0 Å². The third kappa shape index (κ3) is 4.01. The van der Waals surface area contributed by atoms with E-state index in [2.05, 4.69) is 10.0 Å². The summed E-state index contributed by atoms with van der Waals surface area (Å²) < 4.78 is 28.6. The molecule has 0 aliphatic heterocycles. The molecule has 2 N–H and O–H groups in total. The maximum Gasteiger partial charge on any atom is 0.242 e. The van der Waals surface area contributed by atoms with Crippen LogP contribution in [0.5, 0.6) is 0 Å². The summed E-state index contributed by atoms with van der Waals surface area (Å²) in [6.07, 6.45) is 3.64. The van der Waals surface area contributed by atoms with Crippen molar-refractivity contribution in [1.82, 2.24) is 14.6 Å². The van der Waals surface area contributed by atoms with Gasteiger partial charge >= 0.3 is 0 Å². The average Bonchev–Trinajstić information content (AvgIpc) is 2.74. The SMILES string of the molecule is CCn1cc(S(=O)(=O)NCCSC)cc1CNC. The third-order valence-electron chi connectivity index (χ3n) is 2.57. The standard InChI is InChI=1S/C11H21N3O2S2/c1-4-14-9-11(7-10(14)8-12-2)18(15,16)13-5-6-17-3/h7,9,12-13H,4-6,8H2,1-3H3. The van der Waals surface area contributed by atoms with Crippen LogP contribution >= 0.6 is 11.8 Å². The maximum atomic E-state index is 12.0. The zero-order valence-electron chi connectivity index (χ0n) is 11.1. The van der Waals surface area contributed by atoms with Gasteiger partial charge in [0.25, 0.3) is 0 Å². The summed E-state index contributed by atoms with van der Waals surface area (Å²) in [6, 6.07) is 1.72. The molecule has 0 atom stereocenters. The van der Waals surface area contributed by atoms with Crippen LogP contribution in [0.15, 0.2) is 17.2 Å². The first-order chi connectivity index (χ1) is 8.55. The van der Waals surface area contributed by atoms with Gasteiger partial charge < -0.3 is 9.88 Å². The molecule has 0 bridgehead atoms. The summed E-state index contributed by atoms with van der Waals surface area (Å²) in [7, 11) is -1.53. The molecule has 5 nitrogen and oxygen atoms in total. The normalized spacial score (nSPS) is 11.9. The monoisotopic (exact) mass is 291 g/mol. The van der Waals surface area contributed by atoms with Gasteiger partial charge in [0.05, 0.1) is 4.90 Å². The van der Waals surface area contributed by atoms with E-state index in [0.717, 1.165) is 18.0 Å². The van der Waals surface area contributed by atoms with Gasteiger partial charge in [0.2, 0.25) is 10.0 Å². The fourth-order valence-electron chi connectivity index (χ4n) is 1.66. The topological polar surface area (TPSA) is 63.1 Å². The van der Waals surface area contributed by atoms with Crippen molar-refractivity contribution in [3.63, 3.8) is 0 Å². The first-order valence-electron chi connectivity index (χ1n) is 5.87. The van der Waals surface area contributed by atoms with E-state index in [1.54, 1.807) is 24.0 Å². The van der Waals surface area contributed by atoms with Crippen molar-refractivity contribution in [2.45, 2.75) is 24.9 Å². The average molecular weight is 291 g/mol. The first-order valence-corrected chi connectivity index (χ1v) is 8.75. The quantitative estimate of drug-likeness (QED) is 0.698. The van der Waals surface area contributed by atoms with Gasteiger partial charge in [0.1, 0.15) is 0 Å². The Hall–Kier alpha value is -0.500. The second-order valence-corrected chi connectivity index (χ2v) is 6.63. The number of aryl methyl sites for hydroxylation is 1. The molecule has 104 valence electrons. The Bertz CT molecular complexity index is 469. The van der Waals surface area contributed by atoms with Crippen molar-refractivity contribution in [3.05, 3.63) is 18.0 Å². The maximum absolute atomic E-state index is 12.0. The van der Waals surface area contributed by atoms with Gasteiger partial charge in [0.15, 0.2) is 0 Å². The van der Waals surface area contributed by atoms with E-state index >= 15 is 0 Å². The molecular formula is C11H21N3O2S2. The molecule has 0 unspecified atom stereocenters. The summed E-state index contributed by atoms with van der Waals surface area (Å²) in [5.74, 6) is 0.775. The van der Waals surface area contributed by atoms with Gasteiger partial charge in [-0.25, -0.2) is 13.1 Å². The van der Waals surface area contributed by atoms with Gasteiger partial charge in [-0.1, -0.05) is 0 Å². The number of nitrogens with zero attached hydrogens (tertiary/aromatic N) is 1. The Morgan fingerprint density at radius 3 is 2.72 bits per heavy atom. The third-order valence-corrected chi connectivity index (χ3v) is 4.61. The second-order valence-electron chi connectivity index (χ2n) is 3.87. The summed E-state index contributed by atoms with van der Waals surface area (Å²) in [6.45, 7) is 3.88. The highest BCUT2D eigenvalue weighted by Crippen LogP contribution is 2.14. The lowest BCUT2D eigenvalue weighted by molar-refractivity contribution is 0.583. The van der Waals surface area contributed by atoms with E-state index in [1.165, 1.54) is 0 Å². The number of sulfonamides is 1.